The SMILES string of the molecule is CN[C@H](CCCC(C)(C)C)C(=O)O. The molecule has 0 aromatic rings. The number of aliphatic carboxylic acids is 1. The summed E-state index contributed by atoms with van der Waals surface area (Å²) in [5.41, 5.74) is 0.302. The van der Waals surface area contributed by atoms with Crippen LogP contribution in [0.4, 0.5) is 0 Å². The molecule has 2 N–H and O–H groups in total. The fourth-order valence-corrected chi connectivity index (χ4v) is 1.23. The summed E-state index contributed by atoms with van der Waals surface area (Å²) in [6.07, 6.45) is 2.74. The van der Waals surface area contributed by atoms with Gasteiger partial charge in [-0.2, -0.15) is 0 Å². The molecule has 78 valence electrons. The predicted molar refractivity (Wildman–Crippen MR) is 53.8 cm³/mol. The van der Waals surface area contributed by atoms with Crippen molar-refractivity contribution in [2.45, 2.75) is 46.1 Å². The Kier molecular flexibility index (Phi) is 4.99. The van der Waals surface area contributed by atoms with Gasteiger partial charge in [0.2, 0.25) is 0 Å². The lowest BCUT2D eigenvalue weighted by Crippen LogP contribution is -2.33. The zero-order chi connectivity index (χ0) is 10.5. The predicted octanol–water partition coefficient (Wildman–Crippen LogP) is 1.88. The Balaban J connectivity index is 3.68. The maximum atomic E-state index is 10.6. The molecule has 0 heterocycles. The Morgan fingerprint density at radius 2 is 2.00 bits per heavy atom. The number of hydrogen-bond acceptors (Lipinski definition) is 2. The van der Waals surface area contributed by atoms with Crippen molar-refractivity contribution in [3.05, 3.63) is 0 Å². The monoisotopic (exact) mass is 187 g/mol. The summed E-state index contributed by atoms with van der Waals surface area (Å²) in [5.74, 6) is -0.753. The van der Waals surface area contributed by atoms with Gasteiger partial charge in [-0.1, -0.05) is 27.2 Å². The van der Waals surface area contributed by atoms with Crippen molar-refractivity contribution in [1.82, 2.24) is 5.32 Å². The van der Waals surface area contributed by atoms with Crippen molar-refractivity contribution >= 4 is 5.97 Å². The van der Waals surface area contributed by atoms with E-state index in [4.69, 9.17) is 5.11 Å². The Morgan fingerprint density at radius 1 is 1.46 bits per heavy atom. The van der Waals surface area contributed by atoms with Gasteiger partial charge in [0.05, 0.1) is 0 Å². The maximum Gasteiger partial charge on any atom is 0.320 e. The Hall–Kier alpha value is -0.570. The number of hydrogen-bond donors (Lipinski definition) is 2. The third-order valence-electron chi connectivity index (χ3n) is 2.07. The van der Waals surface area contributed by atoms with Gasteiger partial charge in [0.25, 0.3) is 0 Å². The minimum atomic E-state index is -0.753. The van der Waals surface area contributed by atoms with Crippen LogP contribution in [-0.2, 0) is 4.79 Å². The molecule has 0 saturated heterocycles. The number of carbonyl (C=O) groups is 1. The summed E-state index contributed by atoms with van der Waals surface area (Å²) in [7, 11) is 1.69. The van der Waals surface area contributed by atoms with Gasteiger partial charge in [-0.3, -0.25) is 4.79 Å². The average molecular weight is 187 g/mol. The lowest BCUT2D eigenvalue weighted by atomic mass is 9.89. The molecule has 0 aliphatic heterocycles. The standard InChI is InChI=1S/C10H21NO2/c1-10(2,3)7-5-6-8(11-4)9(12)13/h8,11H,5-7H2,1-4H3,(H,12,13)/t8-/m1/s1. The summed E-state index contributed by atoms with van der Waals surface area (Å²) in [6.45, 7) is 6.51. The minimum absolute atomic E-state index is 0.302. The van der Waals surface area contributed by atoms with Gasteiger partial charge in [0, 0.05) is 0 Å². The first-order valence-corrected chi connectivity index (χ1v) is 4.77. The lowest BCUT2D eigenvalue weighted by molar-refractivity contribution is -0.139. The van der Waals surface area contributed by atoms with Gasteiger partial charge in [0.15, 0.2) is 0 Å². The quantitative estimate of drug-likeness (QED) is 0.691. The van der Waals surface area contributed by atoms with E-state index in [1.807, 2.05) is 0 Å². The Labute approximate surface area is 80.5 Å². The highest BCUT2D eigenvalue weighted by atomic mass is 16.4. The molecule has 0 radical (unpaired) electrons. The minimum Gasteiger partial charge on any atom is -0.480 e. The van der Waals surface area contributed by atoms with Crippen LogP contribution in [0.25, 0.3) is 0 Å². The second kappa shape index (κ2) is 5.22. The van der Waals surface area contributed by atoms with Crippen LogP contribution in [-0.4, -0.2) is 24.2 Å². The zero-order valence-corrected chi connectivity index (χ0v) is 9.05. The highest BCUT2D eigenvalue weighted by Gasteiger charge is 2.16. The topological polar surface area (TPSA) is 49.3 Å². The molecule has 0 aliphatic rings. The molecular weight excluding hydrogens is 166 g/mol. The molecule has 0 unspecified atom stereocenters. The number of rotatable bonds is 5. The average Bonchev–Trinajstić information content (AvgIpc) is 1.95. The van der Waals surface area contributed by atoms with Gasteiger partial charge in [-0.25, -0.2) is 0 Å². The van der Waals surface area contributed by atoms with Crippen LogP contribution in [0.15, 0.2) is 0 Å². The number of carboxylic acids is 1. The van der Waals surface area contributed by atoms with Crippen molar-refractivity contribution in [3.63, 3.8) is 0 Å². The molecular formula is C10H21NO2. The molecule has 0 spiro atoms. The van der Waals surface area contributed by atoms with Crippen LogP contribution in [0.3, 0.4) is 0 Å². The van der Waals surface area contributed by atoms with Gasteiger partial charge in [-0.15, -0.1) is 0 Å². The molecule has 0 saturated carbocycles. The van der Waals surface area contributed by atoms with E-state index >= 15 is 0 Å². The van der Waals surface area contributed by atoms with E-state index in [0.717, 1.165) is 12.8 Å². The number of carboxylic acid groups (broad SMARTS) is 1. The van der Waals surface area contributed by atoms with Crippen LogP contribution >= 0.6 is 0 Å². The second-order valence-corrected chi connectivity index (χ2v) is 4.63. The van der Waals surface area contributed by atoms with Crippen LogP contribution in [0, 0.1) is 5.41 Å². The van der Waals surface area contributed by atoms with Gasteiger partial charge >= 0.3 is 5.97 Å². The molecule has 0 bridgehead atoms. The van der Waals surface area contributed by atoms with Gasteiger partial charge < -0.3 is 10.4 Å². The van der Waals surface area contributed by atoms with E-state index < -0.39 is 5.97 Å². The normalized spacial score (nSPS) is 14.2. The van der Waals surface area contributed by atoms with E-state index in [2.05, 4.69) is 26.1 Å². The number of likely N-dealkylation sites (N-methyl/N-ethyl adjacent to an activating group) is 1. The Morgan fingerprint density at radius 3 is 2.31 bits per heavy atom. The lowest BCUT2D eigenvalue weighted by Gasteiger charge is -2.19. The van der Waals surface area contributed by atoms with Crippen LogP contribution in [0.5, 0.6) is 0 Å². The van der Waals surface area contributed by atoms with Crippen molar-refractivity contribution in [2.24, 2.45) is 5.41 Å². The smallest absolute Gasteiger partial charge is 0.320 e. The van der Waals surface area contributed by atoms with Gasteiger partial charge in [0.1, 0.15) is 6.04 Å². The summed E-state index contributed by atoms with van der Waals surface area (Å²) < 4.78 is 0. The Bertz CT molecular complexity index is 161. The van der Waals surface area contributed by atoms with E-state index in [0.29, 0.717) is 11.8 Å². The fourth-order valence-electron chi connectivity index (χ4n) is 1.23. The number of nitrogens with one attached hydrogen (secondary N) is 1. The van der Waals surface area contributed by atoms with Crippen LogP contribution in [0.1, 0.15) is 40.0 Å². The highest BCUT2D eigenvalue weighted by Crippen LogP contribution is 2.21. The first-order chi connectivity index (χ1) is 5.87. The van der Waals surface area contributed by atoms with E-state index in [-0.39, 0.29) is 6.04 Å². The molecule has 13 heavy (non-hydrogen) atoms. The summed E-state index contributed by atoms with van der Waals surface area (Å²) in [6, 6.07) is -0.387. The summed E-state index contributed by atoms with van der Waals surface area (Å²) >= 11 is 0. The summed E-state index contributed by atoms with van der Waals surface area (Å²) in [4.78, 5) is 10.6. The summed E-state index contributed by atoms with van der Waals surface area (Å²) in [5, 5.41) is 11.5. The van der Waals surface area contributed by atoms with Crippen molar-refractivity contribution < 1.29 is 9.90 Å². The largest absolute Gasteiger partial charge is 0.480 e. The first-order valence-electron chi connectivity index (χ1n) is 4.77. The maximum absolute atomic E-state index is 10.6. The molecule has 3 nitrogen and oxygen atoms in total. The van der Waals surface area contributed by atoms with Crippen molar-refractivity contribution in [2.75, 3.05) is 7.05 Å². The first kappa shape index (κ1) is 12.4. The van der Waals surface area contributed by atoms with E-state index in [1.165, 1.54) is 0 Å². The van der Waals surface area contributed by atoms with Crippen molar-refractivity contribution in [3.8, 4) is 0 Å². The van der Waals surface area contributed by atoms with Crippen molar-refractivity contribution in [1.29, 1.82) is 0 Å². The molecule has 0 aromatic carbocycles. The third-order valence-corrected chi connectivity index (χ3v) is 2.07. The van der Waals surface area contributed by atoms with Crippen LogP contribution in [0.2, 0.25) is 0 Å². The third kappa shape index (κ3) is 6.58. The van der Waals surface area contributed by atoms with Crippen LogP contribution < -0.4 is 5.32 Å². The second-order valence-electron chi connectivity index (χ2n) is 4.63. The molecule has 1 atom stereocenters. The molecule has 0 fully saturated rings. The molecule has 3 heteroatoms. The molecule has 0 aromatic heterocycles. The molecule has 0 aliphatic carbocycles. The zero-order valence-electron chi connectivity index (χ0n) is 9.05. The van der Waals surface area contributed by atoms with E-state index in [1.54, 1.807) is 7.05 Å². The van der Waals surface area contributed by atoms with E-state index in [9.17, 15) is 4.79 Å². The molecule has 0 amide bonds. The fraction of sp³-hybridized carbons (Fsp3) is 0.900. The molecule has 0 rings (SSSR count). The highest BCUT2D eigenvalue weighted by molar-refractivity contribution is 5.73. The van der Waals surface area contributed by atoms with Gasteiger partial charge in [-0.05, 0) is 25.3 Å².